The van der Waals surface area contributed by atoms with E-state index in [2.05, 4.69) is 15.5 Å². The number of amides is 2. The highest BCUT2D eigenvalue weighted by atomic mass is 35.5. The monoisotopic (exact) mass is 711 g/mol. The van der Waals surface area contributed by atoms with Gasteiger partial charge >= 0.3 is 6.03 Å². The summed E-state index contributed by atoms with van der Waals surface area (Å²) in [6.45, 7) is 3.91. The first-order chi connectivity index (χ1) is 24.7. The van der Waals surface area contributed by atoms with E-state index in [9.17, 15) is 19.8 Å². The molecule has 4 atom stereocenters. The van der Waals surface area contributed by atoms with Crippen molar-refractivity contribution in [2.75, 3.05) is 19.6 Å². The number of urea groups is 1. The molecule has 0 radical (unpaired) electrons. The van der Waals surface area contributed by atoms with Crippen LogP contribution in [0.4, 0.5) is 4.79 Å². The molecule has 4 N–H and O–H groups in total. The maximum Gasteiger partial charge on any atom is 0.315 e. The molecule has 0 spiro atoms. The van der Waals surface area contributed by atoms with E-state index in [-0.39, 0.29) is 31.1 Å². The molecule has 4 unspecified atom stereocenters. The smallest absolute Gasteiger partial charge is 0.315 e. The lowest BCUT2D eigenvalue weighted by atomic mass is 9.84. The van der Waals surface area contributed by atoms with Gasteiger partial charge in [0.25, 0.3) is 0 Å². The van der Waals surface area contributed by atoms with Crippen molar-refractivity contribution >= 4 is 23.4 Å². The second-order valence-electron chi connectivity index (χ2n) is 13.6. The largest absolute Gasteiger partial charge is 0.392 e. The number of piperidine rings is 1. The van der Waals surface area contributed by atoms with Crippen molar-refractivity contribution < 1.29 is 29.3 Å². The van der Waals surface area contributed by atoms with Gasteiger partial charge in [0, 0.05) is 43.2 Å². The van der Waals surface area contributed by atoms with E-state index in [0.29, 0.717) is 37.3 Å². The lowest BCUT2D eigenvalue weighted by Crippen LogP contribution is -2.46. The van der Waals surface area contributed by atoms with Gasteiger partial charge in [-0.3, -0.25) is 4.79 Å². The number of nitrogens with one attached hydrogen (secondary N) is 2. The number of likely N-dealkylation sites (tertiary alicyclic amines) is 1. The van der Waals surface area contributed by atoms with Crippen LogP contribution in [0.2, 0.25) is 5.02 Å². The van der Waals surface area contributed by atoms with Crippen molar-refractivity contribution in [1.82, 2.24) is 15.5 Å². The molecule has 6 rings (SSSR count). The second-order valence-corrected chi connectivity index (χ2v) is 14.0. The fourth-order valence-corrected chi connectivity index (χ4v) is 6.93. The fraction of sp³-hybridized carbons (Fsp3) is 0.366. The van der Waals surface area contributed by atoms with Crippen LogP contribution in [-0.2, 0) is 39.4 Å². The van der Waals surface area contributed by atoms with Crippen LogP contribution in [0.1, 0.15) is 72.0 Å². The number of hydrogen-bond donors (Lipinski definition) is 4. The van der Waals surface area contributed by atoms with E-state index < -0.39 is 24.0 Å². The minimum atomic E-state index is -0.883. The third-order valence-electron chi connectivity index (χ3n) is 9.93. The molecule has 0 bridgehead atoms. The molecule has 4 aromatic rings. The average molecular weight is 712 g/mol. The fourth-order valence-electron chi connectivity index (χ4n) is 6.81. The van der Waals surface area contributed by atoms with Gasteiger partial charge in [0.2, 0.25) is 0 Å². The Bertz CT molecular complexity index is 1730. The molecule has 2 fully saturated rings. The number of carbonyl (C=O) groups excluding carboxylic acids is 2. The molecule has 10 heteroatoms. The number of ether oxygens (including phenoxy) is 2. The van der Waals surface area contributed by atoms with Gasteiger partial charge in [-0.25, -0.2) is 4.79 Å². The maximum absolute atomic E-state index is 12.7. The van der Waals surface area contributed by atoms with Crippen LogP contribution in [0.5, 0.6) is 0 Å². The molecule has 2 saturated heterocycles. The van der Waals surface area contributed by atoms with Crippen LogP contribution in [0.15, 0.2) is 103 Å². The number of hydrogen-bond acceptors (Lipinski definition) is 7. The van der Waals surface area contributed by atoms with Crippen molar-refractivity contribution in [3.05, 3.63) is 142 Å². The highest BCUT2D eigenvalue weighted by Gasteiger charge is 2.37. The summed E-state index contributed by atoms with van der Waals surface area (Å²) in [5, 5.41) is 27.3. The van der Waals surface area contributed by atoms with Gasteiger partial charge in [-0.15, -0.1) is 0 Å². The van der Waals surface area contributed by atoms with Crippen molar-refractivity contribution in [2.45, 2.75) is 75.9 Å². The van der Waals surface area contributed by atoms with Gasteiger partial charge in [-0.2, -0.15) is 0 Å². The van der Waals surface area contributed by atoms with Gasteiger partial charge in [0.1, 0.15) is 0 Å². The molecule has 51 heavy (non-hydrogen) atoms. The lowest BCUT2D eigenvalue weighted by Gasteiger charge is -2.42. The van der Waals surface area contributed by atoms with Crippen molar-refractivity contribution in [2.24, 2.45) is 0 Å². The Morgan fingerprint density at radius 2 is 1.51 bits per heavy atom. The highest BCUT2D eigenvalue weighted by Crippen LogP contribution is 2.39. The molecule has 268 valence electrons. The van der Waals surface area contributed by atoms with Crippen molar-refractivity contribution in [3.63, 3.8) is 0 Å². The standard InChI is InChI=1S/C41H46ClN3O6/c1-28(47)37(23-29-5-3-2-4-6-29)44-40(48)43-25-30-7-13-33(14-8-30)39-50-36(24-38(51-39)32-11-9-31(27-46)10-12-32)26-45-21-19-41(49,20-22-45)34-15-17-35(42)18-16-34/h2-18,36-39,46,49H,19-27H2,1H3,(H2,43,44,48). The zero-order valence-corrected chi connectivity index (χ0v) is 29.6. The SMILES string of the molecule is CC(=O)C(Cc1ccccc1)NC(=O)NCc1ccc(C2OC(CN3CCC(O)(c4ccc(Cl)cc4)CC3)CC(c3ccc(CO)cc3)O2)cc1. The van der Waals surface area contributed by atoms with Gasteiger partial charge in [0.15, 0.2) is 12.1 Å². The van der Waals surface area contributed by atoms with E-state index in [1.54, 1.807) is 0 Å². The summed E-state index contributed by atoms with van der Waals surface area (Å²) in [6.07, 6.45) is 1.37. The van der Waals surface area contributed by atoms with Crippen LogP contribution < -0.4 is 10.6 Å². The van der Waals surface area contributed by atoms with Crippen LogP contribution in [0.3, 0.4) is 0 Å². The Morgan fingerprint density at radius 3 is 2.16 bits per heavy atom. The minimum absolute atomic E-state index is 0.0225. The number of carbonyl (C=O) groups is 2. The molecule has 2 aliphatic rings. The molecule has 9 nitrogen and oxygen atoms in total. The predicted octanol–water partition coefficient (Wildman–Crippen LogP) is 6.36. The number of nitrogens with zero attached hydrogens (tertiary/aromatic N) is 1. The molecular weight excluding hydrogens is 666 g/mol. The Kier molecular flexibility index (Phi) is 12.2. The lowest BCUT2D eigenvalue weighted by molar-refractivity contribution is -0.253. The number of aliphatic hydroxyl groups excluding tert-OH is 1. The van der Waals surface area contributed by atoms with E-state index in [0.717, 1.165) is 46.5 Å². The van der Waals surface area contributed by atoms with E-state index in [1.165, 1.54) is 6.92 Å². The molecule has 4 aromatic carbocycles. The Labute approximate surface area is 304 Å². The van der Waals surface area contributed by atoms with Gasteiger partial charge < -0.3 is 35.2 Å². The number of ketones is 1. The number of aliphatic hydroxyl groups is 2. The summed E-state index contributed by atoms with van der Waals surface area (Å²) < 4.78 is 13.1. The zero-order chi connectivity index (χ0) is 35.8. The third kappa shape index (κ3) is 9.83. The van der Waals surface area contributed by atoms with E-state index >= 15 is 0 Å². The van der Waals surface area contributed by atoms with Gasteiger partial charge in [-0.1, -0.05) is 103 Å². The Morgan fingerprint density at radius 1 is 0.863 bits per heavy atom. The van der Waals surface area contributed by atoms with Crippen molar-refractivity contribution in [3.8, 4) is 0 Å². The summed E-state index contributed by atoms with van der Waals surface area (Å²) in [6, 6.07) is 31.7. The Balaban J connectivity index is 1.08. The predicted molar refractivity (Wildman–Crippen MR) is 196 cm³/mol. The minimum Gasteiger partial charge on any atom is -0.392 e. The summed E-state index contributed by atoms with van der Waals surface area (Å²) in [4.78, 5) is 27.3. The molecule has 0 saturated carbocycles. The molecule has 0 aliphatic carbocycles. The Hall–Kier alpha value is -4.09. The molecule has 2 aliphatic heterocycles. The van der Waals surface area contributed by atoms with Gasteiger partial charge in [0.05, 0.1) is 30.5 Å². The van der Waals surface area contributed by atoms with Crippen LogP contribution >= 0.6 is 11.6 Å². The summed E-state index contributed by atoms with van der Waals surface area (Å²) in [5.41, 5.74) is 4.59. The first kappa shape index (κ1) is 36.7. The number of benzene rings is 4. The molecule has 2 heterocycles. The molecule has 0 aromatic heterocycles. The summed E-state index contributed by atoms with van der Waals surface area (Å²) in [7, 11) is 0. The highest BCUT2D eigenvalue weighted by molar-refractivity contribution is 6.30. The van der Waals surface area contributed by atoms with Crippen LogP contribution in [0, 0.1) is 0 Å². The summed E-state index contributed by atoms with van der Waals surface area (Å²) >= 11 is 6.08. The maximum atomic E-state index is 12.7. The zero-order valence-electron chi connectivity index (χ0n) is 28.8. The number of rotatable bonds is 12. The summed E-state index contributed by atoms with van der Waals surface area (Å²) in [5.74, 6) is -0.105. The first-order valence-electron chi connectivity index (χ1n) is 17.6. The second kappa shape index (κ2) is 17.0. The molecular formula is C41H46ClN3O6. The average Bonchev–Trinajstić information content (AvgIpc) is 3.15. The number of halogens is 1. The number of Topliss-reactive ketones (excluding diaryl/α,β-unsaturated/α-hetero) is 1. The quantitative estimate of drug-likeness (QED) is 0.135. The normalized spacial score (nSPS) is 21.1. The molecule has 2 amide bonds. The van der Waals surface area contributed by atoms with E-state index in [4.69, 9.17) is 21.1 Å². The van der Waals surface area contributed by atoms with Crippen molar-refractivity contribution in [1.29, 1.82) is 0 Å². The van der Waals surface area contributed by atoms with Gasteiger partial charge in [-0.05, 0) is 66.1 Å². The van der Waals surface area contributed by atoms with Crippen LogP contribution in [0.25, 0.3) is 0 Å². The topological polar surface area (TPSA) is 120 Å². The first-order valence-corrected chi connectivity index (χ1v) is 17.9. The van der Waals surface area contributed by atoms with E-state index in [1.807, 2.05) is 103 Å². The third-order valence-corrected chi connectivity index (χ3v) is 10.2. The van der Waals surface area contributed by atoms with Crippen LogP contribution in [-0.4, -0.2) is 58.7 Å².